The Morgan fingerprint density at radius 1 is 0.525 bits per heavy atom. The number of allylic oxidation sites excluding steroid dienone is 4. The number of nitrogens with one attached hydrogen (secondary N) is 1. The molecule has 0 aliphatic carbocycles. The molecule has 0 spiro atoms. The van der Waals surface area contributed by atoms with Gasteiger partial charge in [0.05, 0.1) is 5.69 Å². The van der Waals surface area contributed by atoms with Crippen molar-refractivity contribution in [3.63, 3.8) is 0 Å². The molecule has 6 rings (SSSR count). The quantitative estimate of drug-likeness (QED) is 0.203. The monoisotopic (exact) mass is 514 g/mol. The van der Waals surface area contributed by atoms with Crippen LogP contribution in [0.1, 0.15) is 0 Å². The van der Waals surface area contributed by atoms with Gasteiger partial charge in [0.15, 0.2) is 0 Å². The van der Waals surface area contributed by atoms with Gasteiger partial charge in [0.1, 0.15) is 0 Å². The second-order valence-electron chi connectivity index (χ2n) is 9.61. The Hall–Kier alpha value is -5.34. The van der Waals surface area contributed by atoms with Crippen molar-refractivity contribution in [2.24, 2.45) is 0 Å². The van der Waals surface area contributed by atoms with E-state index in [2.05, 4.69) is 156 Å². The highest BCUT2D eigenvalue weighted by Crippen LogP contribution is 2.34. The van der Waals surface area contributed by atoms with Gasteiger partial charge >= 0.3 is 0 Å². The Morgan fingerprint density at radius 2 is 1.12 bits per heavy atom. The largest absolute Gasteiger partial charge is 0.355 e. The minimum atomic E-state index is 1.07. The third-order valence-electron chi connectivity index (χ3n) is 7.05. The normalized spacial score (nSPS) is 11.4. The maximum atomic E-state index is 3.77. The molecule has 6 aromatic rings. The number of rotatable bonds is 8. The van der Waals surface area contributed by atoms with Crippen LogP contribution in [0, 0.1) is 0 Å². The van der Waals surface area contributed by atoms with Gasteiger partial charge in [-0.2, -0.15) is 0 Å². The highest BCUT2D eigenvalue weighted by Gasteiger charge is 2.11. The molecular formula is C38H30N2. The predicted octanol–water partition coefficient (Wildman–Crippen LogP) is 10.8. The number of benzene rings is 6. The highest BCUT2D eigenvalue weighted by molar-refractivity contribution is 5.97. The van der Waals surface area contributed by atoms with E-state index in [0.717, 1.165) is 22.7 Å². The van der Waals surface area contributed by atoms with Gasteiger partial charge in [0, 0.05) is 34.0 Å². The average Bonchev–Trinajstić information content (AvgIpc) is 3.02. The number of anilines is 4. The summed E-state index contributed by atoms with van der Waals surface area (Å²) in [6.45, 7) is 3.77. The summed E-state index contributed by atoms with van der Waals surface area (Å²) in [6, 6.07) is 47.1. The molecule has 1 N–H and O–H groups in total. The smallest absolute Gasteiger partial charge is 0.0533 e. The van der Waals surface area contributed by atoms with Crippen LogP contribution < -0.4 is 10.2 Å². The lowest BCUT2D eigenvalue weighted by Crippen LogP contribution is -2.08. The fraction of sp³-hybridized carbons (Fsp3) is 0. The van der Waals surface area contributed by atoms with E-state index < -0.39 is 0 Å². The fourth-order valence-corrected chi connectivity index (χ4v) is 5.05. The van der Waals surface area contributed by atoms with E-state index in [4.69, 9.17) is 0 Å². The lowest BCUT2D eigenvalue weighted by Gasteiger charge is -2.23. The summed E-state index contributed by atoms with van der Waals surface area (Å²) in [5.41, 5.74) is 6.76. The van der Waals surface area contributed by atoms with Crippen molar-refractivity contribution in [3.05, 3.63) is 171 Å². The molecule has 0 unspecified atom stereocenters. The maximum absolute atomic E-state index is 3.77. The first-order chi connectivity index (χ1) is 19.8. The first kappa shape index (κ1) is 25.0. The first-order valence-corrected chi connectivity index (χ1v) is 13.5. The molecule has 6 aromatic carbocycles. The molecule has 0 radical (unpaired) electrons. The van der Waals surface area contributed by atoms with Crippen LogP contribution in [0.25, 0.3) is 32.7 Å². The summed E-state index contributed by atoms with van der Waals surface area (Å²) in [6.07, 6.45) is 9.85. The molecule has 0 aromatic heterocycles. The molecule has 0 aliphatic rings. The fourth-order valence-electron chi connectivity index (χ4n) is 5.05. The van der Waals surface area contributed by atoms with Crippen molar-refractivity contribution in [2.75, 3.05) is 10.2 Å². The van der Waals surface area contributed by atoms with Gasteiger partial charge in [-0.05, 0) is 64.4 Å². The third-order valence-corrected chi connectivity index (χ3v) is 7.05. The molecule has 40 heavy (non-hydrogen) atoms. The van der Waals surface area contributed by atoms with Crippen LogP contribution in [0.4, 0.5) is 22.7 Å². The van der Waals surface area contributed by atoms with Gasteiger partial charge in [-0.15, -0.1) is 0 Å². The number of nitrogens with zero attached hydrogens (tertiary/aromatic N) is 1. The summed E-state index contributed by atoms with van der Waals surface area (Å²) in [7, 11) is 0. The predicted molar refractivity (Wildman–Crippen MR) is 174 cm³/mol. The average molecular weight is 515 g/mol. The van der Waals surface area contributed by atoms with Crippen LogP contribution in [-0.4, -0.2) is 0 Å². The van der Waals surface area contributed by atoms with E-state index in [1.54, 1.807) is 6.08 Å². The maximum Gasteiger partial charge on any atom is 0.0533 e. The zero-order valence-corrected chi connectivity index (χ0v) is 22.2. The number of fused-ring (bicyclic) bond motifs is 2. The van der Waals surface area contributed by atoms with Gasteiger partial charge in [0.25, 0.3) is 0 Å². The number of hydrogen-bond acceptors (Lipinski definition) is 2. The Bertz CT molecular complexity index is 1820. The van der Waals surface area contributed by atoms with E-state index in [0.29, 0.717) is 0 Å². The van der Waals surface area contributed by atoms with Crippen LogP contribution in [0.2, 0.25) is 0 Å². The van der Waals surface area contributed by atoms with E-state index in [1.807, 2.05) is 18.2 Å². The molecule has 0 aliphatic heterocycles. The summed E-state index contributed by atoms with van der Waals surface area (Å²) < 4.78 is 0. The van der Waals surface area contributed by atoms with Gasteiger partial charge in [0.2, 0.25) is 0 Å². The second-order valence-corrected chi connectivity index (χ2v) is 9.61. The van der Waals surface area contributed by atoms with Crippen molar-refractivity contribution in [1.82, 2.24) is 0 Å². The van der Waals surface area contributed by atoms with Crippen molar-refractivity contribution >= 4 is 44.3 Å². The van der Waals surface area contributed by atoms with E-state index in [9.17, 15) is 0 Å². The van der Waals surface area contributed by atoms with E-state index in [-0.39, 0.29) is 0 Å². The van der Waals surface area contributed by atoms with Crippen molar-refractivity contribution in [3.8, 4) is 11.1 Å². The minimum absolute atomic E-state index is 1.07. The molecule has 0 heterocycles. The van der Waals surface area contributed by atoms with Crippen LogP contribution in [0.5, 0.6) is 0 Å². The standard InChI is InChI=1S/C38H30N2/c1-2-3-4-9-28-40(38-19-11-15-32-13-6-8-17-36(32)38)34-26-22-30(23-27-34)29-20-24-33(25-21-29)39-37-18-10-14-31-12-5-7-16-35(31)37/h2-28,39H,1H2/b4-3-,28-9-. The molecule has 0 atom stereocenters. The van der Waals surface area contributed by atoms with Crippen LogP contribution >= 0.6 is 0 Å². The lowest BCUT2D eigenvalue weighted by molar-refractivity contribution is 1.30. The van der Waals surface area contributed by atoms with Crippen LogP contribution in [0.3, 0.4) is 0 Å². The molecule has 2 heteroatoms. The van der Waals surface area contributed by atoms with Gasteiger partial charge in [-0.1, -0.05) is 122 Å². The van der Waals surface area contributed by atoms with Crippen molar-refractivity contribution in [2.45, 2.75) is 0 Å². The van der Waals surface area contributed by atoms with Crippen LogP contribution in [-0.2, 0) is 0 Å². The molecule has 0 saturated carbocycles. The van der Waals surface area contributed by atoms with Gasteiger partial charge in [-0.25, -0.2) is 0 Å². The summed E-state index contributed by atoms with van der Waals surface area (Å²) in [4.78, 5) is 2.23. The van der Waals surface area contributed by atoms with Crippen molar-refractivity contribution < 1.29 is 0 Å². The molecule has 2 nitrogen and oxygen atoms in total. The lowest BCUT2D eigenvalue weighted by atomic mass is 10.0. The van der Waals surface area contributed by atoms with E-state index >= 15 is 0 Å². The Labute approximate surface area is 235 Å². The Balaban J connectivity index is 1.27. The van der Waals surface area contributed by atoms with E-state index in [1.165, 1.54) is 32.7 Å². The van der Waals surface area contributed by atoms with Crippen molar-refractivity contribution in [1.29, 1.82) is 0 Å². The zero-order chi connectivity index (χ0) is 27.1. The molecule has 0 amide bonds. The summed E-state index contributed by atoms with van der Waals surface area (Å²) in [5.74, 6) is 0. The molecule has 0 fully saturated rings. The number of hydrogen-bond donors (Lipinski definition) is 1. The second kappa shape index (κ2) is 11.6. The SMILES string of the molecule is C=C/C=C\C=C/N(c1ccc(-c2ccc(Nc3cccc4ccccc34)cc2)cc1)c1cccc2ccccc12. The third kappa shape index (κ3) is 5.29. The molecule has 0 saturated heterocycles. The van der Waals surface area contributed by atoms with Crippen LogP contribution in [0.15, 0.2) is 171 Å². The Morgan fingerprint density at radius 3 is 1.85 bits per heavy atom. The molecule has 192 valence electrons. The van der Waals surface area contributed by atoms with Gasteiger partial charge < -0.3 is 10.2 Å². The Kier molecular flexibility index (Phi) is 7.23. The van der Waals surface area contributed by atoms with Gasteiger partial charge in [-0.3, -0.25) is 0 Å². The summed E-state index contributed by atoms with van der Waals surface area (Å²) in [5, 5.41) is 8.46. The highest BCUT2D eigenvalue weighted by atomic mass is 15.1. The minimum Gasteiger partial charge on any atom is -0.355 e. The molecule has 0 bridgehead atoms. The topological polar surface area (TPSA) is 15.3 Å². The summed E-state index contributed by atoms with van der Waals surface area (Å²) >= 11 is 0. The zero-order valence-electron chi connectivity index (χ0n) is 22.2. The molecular weight excluding hydrogens is 484 g/mol. The first-order valence-electron chi connectivity index (χ1n) is 13.5.